The van der Waals surface area contributed by atoms with Crippen LogP contribution in [0.15, 0.2) is 33.3 Å². The zero-order valence-electron chi connectivity index (χ0n) is 11.0. The summed E-state index contributed by atoms with van der Waals surface area (Å²) in [6.45, 7) is 2.03. The van der Waals surface area contributed by atoms with E-state index in [4.69, 9.17) is 4.74 Å². The summed E-state index contributed by atoms with van der Waals surface area (Å²) in [5, 5.41) is 10.9. The number of hydrogen-bond acceptors (Lipinski definition) is 5. The second-order valence-corrected chi connectivity index (χ2v) is 5.75. The standard InChI is InChI=1S/C13H11Br2N3O3/c1-2-4-11-16-10(14)7-12(17-11)21-9-6-3-5-8(13(9)15)18(19)20/h3,5-7H,2,4H2,1H3. The smallest absolute Gasteiger partial charge is 0.287 e. The van der Waals surface area contributed by atoms with Gasteiger partial charge in [0.05, 0.1) is 4.92 Å². The van der Waals surface area contributed by atoms with Gasteiger partial charge in [0, 0.05) is 18.6 Å². The molecule has 21 heavy (non-hydrogen) atoms. The first-order valence-electron chi connectivity index (χ1n) is 6.15. The van der Waals surface area contributed by atoms with Crippen LogP contribution < -0.4 is 4.74 Å². The van der Waals surface area contributed by atoms with Crippen LogP contribution in [0.1, 0.15) is 19.2 Å². The van der Waals surface area contributed by atoms with Crippen LogP contribution in [0, 0.1) is 10.1 Å². The zero-order valence-corrected chi connectivity index (χ0v) is 14.2. The van der Waals surface area contributed by atoms with Crippen molar-refractivity contribution in [2.24, 2.45) is 0 Å². The van der Waals surface area contributed by atoms with Gasteiger partial charge in [-0.1, -0.05) is 13.0 Å². The van der Waals surface area contributed by atoms with E-state index in [2.05, 4.69) is 41.8 Å². The lowest BCUT2D eigenvalue weighted by molar-refractivity contribution is -0.385. The molecule has 8 heteroatoms. The summed E-state index contributed by atoms with van der Waals surface area (Å²) in [5.41, 5.74) is -0.0607. The van der Waals surface area contributed by atoms with Gasteiger partial charge in [0.15, 0.2) is 5.75 Å². The number of rotatable bonds is 5. The number of hydrogen-bond donors (Lipinski definition) is 0. The summed E-state index contributed by atoms with van der Waals surface area (Å²) in [7, 11) is 0. The summed E-state index contributed by atoms with van der Waals surface area (Å²) in [6, 6.07) is 6.20. The van der Waals surface area contributed by atoms with Gasteiger partial charge >= 0.3 is 0 Å². The maximum absolute atomic E-state index is 10.9. The Balaban J connectivity index is 2.34. The largest absolute Gasteiger partial charge is 0.437 e. The third-order valence-electron chi connectivity index (χ3n) is 2.55. The van der Waals surface area contributed by atoms with Gasteiger partial charge in [-0.15, -0.1) is 0 Å². The van der Waals surface area contributed by atoms with Crippen molar-refractivity contribution in [2.45, 2.75) is 19.8 Å². The molecule has 0 spiro atoms. The van der Waals surface area contributed by atoms with Crippen LogP contribution in [-0.2, 0) is 6.42 Å². The molecule has 2 aromatic rings. The molecule has 0 atom stereocenters. The average molecular weight is 417 g/mol. The van der Waals surface area contributed by atoms with E-state index in [1.54, 1.807) is 18.2 Å². The minimum Gasteiger partial charge on any atom is -0.437 e. The molecule has 0 saturated carbocycles. The Kier molecular flexibility index (Phi) is 5.24. The molecule has 0 unspecified atom stereocenters. The first-order valence-corrected chi connectivity index (χ1v) is 7.74. The van der Waals surface area contributed by atoms with Crippen molar-refractivity contribution in [3.05, 3.63) is 49.3 Å². The lowest BCUT2D eigenvalue weighted by Gasteiger charge is -2.08. The van der Waals surface area contributed by atoms with Crippen LogP contribution in [-0.4, -0.2) is 14.9 Å². The Morgan fingerprint density at radius 2 is 2.10 bits per heavy atom. The highest BCUT2D eigenvalue weighted by molar-refractivity contribution is 9.10. The summed E-state index contributed by atoms with van der Waals surface area (Å²) < 4.78 is 6.52. The van der Waals surface area contributed by atoms with Crippen LogP contribution >= 0.6 is 31.9 Å². The van der Waals surface area contributed by atoms with Gasteiger partial charge in [-0.05, 0) is 44.3 Å². The number of ether oxygens (including phenoxy) is 1. The van der Waals surface area contributed by atoms with E-state index >= 15 is 0 Å². The number of aryl methyl sites for hydroxylation is 1. The highest BCUT2D eigenvalue weighted by Crippen LogP contribution is 2.36. The number of aromatic nitrogens is 2. The number of nitro groups is 1. The average Bonchev–Trinajstić information content (AvgIpc) is 2.40. The molecule has 0 N–H and O–H groups in total. The van der Waals surface area contributed by atoms with E-state index in [9.17, 15) is 10.1 Å². The zero-order chi connectivity index (χ0) is 15.4. The predicted octanol–water partition coefficient (Wildman–Crippen LogP) is 4.65. The number of nitrogens with zero attached hydrogens (tertiary/aromatic N) is 3. The van der Waals surface area contributed by atoms with Crippen LogP contribution in [0.4, 0.5) is 5.69 Å². The molecule has 0 bridgehead atoms. The molecule has 0 fully saturated rings. The van der Waals surface area contributed by atoms with Crippen molar-refractivity contribution < 1.29 is 9.66 Å². The minimum atomic E-state index is -0.477. The van der Waals surface area contributed by atoms with E-state index < -0.39 is 4.92 Å². The van der Waals surface area contributed by atoms with E-state index in [1.165, 1.54) is 6.07 Å². The fourth-order valence-corrected chi connectivity index (χ4v) is 2.55. The van der Waals surface area contributed by atoms with Crippen molar-refractivity contribution in [1.82, 2.24) is 9.97 Å². The van der Waals surface area contributed by atoms with Crippen molar-refractivity contribution in [2.75, 3.05) is 0 Å². The molecule has 0 radical (unpaired) electrons. The van der Waals surface area contributed by atoms with E-state index in [0.29, 0.717) is 22.1 Å². The van der Waals surface area contributed by atoms with Crippen molar-refractivity contribution in [3.8, 4) is 11.6 Å². The second kappa shape index (κ2) is 6.95. The molecule has 1 heterocycles. The van der Waals surface area contributed by atoms with Gasteiger partial charge in [-0.25, -0.2) is 4.98 Å². The van der Waals surface area contributed by atoms with Gasteiger partial charge < -0.3 is 4.74 Å². The maximum Gasteiger partial charge on any atom is 0.287 e. The third kappa shape index (κ3) is 3.98. The number of halogens is 2. The molecule has 1 aromatic heterocycles. The van der Waals surface area contributed by atoms with E-state index in [0.717, 1.165) is 12.8 Å². The van der Waals surface area contributed by atoms with Crippen LogP contribution in [0.2, 0.25) is 0 Å². The Morgan fingerprint density at radius 1 is 1.33 bits per heavy atom. The first-order chi connectivity index (χ1) is 10.0. The van der Waals surface area contributed by atoms with Crippen molar-refractivity contribution in [1.29, 1.82) is 0 Å². The Morgan fingerprint density at radius 3 is 2.76 bits per heavy atom. The normalized spacial score (nSPS) is 10.4. The summed E-state index contributed by atoms with van der Waals surface area (Å²) >= 11 is 6.49. The van der Waals surface area contributed by atoms with Gasteiger partial charge in [0.1, 0.15) is 14.9 Å². The topological polar surface area (TPSA) is 78.2 Å². The fourth-order valence-electron chi connectivity index (χ4n) is 1.66. The number of nitro benzene ring substituents is 1. The van der Waals surface area contributed by atoms with Crippen molar-refractivity contribution >= 4 is 37.5 Å². The Hall–Kier alpha value is -1.54. The third-order valence-corrected chi connectivity index (χ3v) is 3.75. The SMILES string of the molecule is CCCc1nc(Br)cc(Oc2cccc([N+](=O)[O-])c2Br)n1. The highest BCUT2D eigenvalue weighted by Gasteiger charge is 2.17. The van der Waals surface area contributed by atoms with Gasteiger partial charge in [0.2, 0.25) is 5.88 Å². The molecule has 0 aliphatic rings. The van der Waals surface area contributed by atoms with Crippen molar-refractivity contribution in [3.63, 3.8) is 0 Å². The Bertz CT molecular complexity index is 680. The van der Waals surface area contributed by atoms with Crippen LogP contribution in [0.25, 0.3) is 0 Å². The van der Waals surface area contributed by atoms with E-state index in [-0.39, 0.29) is 10.2 Å². The van der Waals surface area contributed by atoms with Crippen LogP contribution in [0.3, 0.4) is 0 Å². The molecule has 0 saturated heterocycles. The molecular weight excluding hydrogens is 406 g/mol. The van der Waals surface area contributed by atoms with Crippen LogP contribution in [0.5, 0.6) is 11.6 Å². The minimum absolute atomic E-state index is 0.0607. The quantitative estimate of drug-likeness (QED) is 0.402. The monoisotopic (exact) mass is 415 g/mol. The van der Waals surface area contributed by atoms with Gasteiger partial charge in [0.25, 0.3) is 5.69 Å². The Labute approximate surface area is 138 Å². The molecule has 0 aliphatic heterocycles. The predicted molar refractivity (Wildman–Crippen MR) is 84.6 cm³/mol. The molecule has 0 aliphatic carbocycles. The number of benzene rings is 1. The molecule has 6 nitrogen and oxygen atoms in total. The molecule has 1 aromatic carbocycles. The second-order valence-electron chi connectivity index (χ2n) is 4.14. The first kappa shape index (κ1) is 15.8. The summed E-state index contributed by atoms with van der Waals surface area (Å²) in [4.78, 5) is 18.9. The lowest BCUT2D eigenvalue weighted by atomic mass is 10.3. The lowest BCUT2D eigenvalue weighted by Crippen LogP contribution is -1.99. The van der Waals surface area contributed by atoms with Gasteiger partial charge in [-0.3, -0.25) is 10.1 Å². The molecule has 110 valence electrons. The maximum atomic E-state index is 10.9. The molecule has 0 amide bonds. The summed E-state index contributed by atoms with van der Waals surface area (Å²) in [6.07, 6.45) is 1.64. The molecule has 2 rings (SSSR count). The van der Waals surface area contributed by atoms with Gasteiger partial charge in [-0.2, -0.15) is 4.98 Å². The molecular formula is C13H11Br2N3O3. The fraction of sp³-hybridized carbons (Fsp3) is 0.231. The van der Waals surface area contributed by atoms with E-state index in [1.807, 2.05) is 6.92 Å². The highest BCUT2D eigenvalue weighted by atomic mass is 79.9. The summed E-state index contributed by atoms with van der Waals surface area (Å²) in [5.74, 6) is 1.32.